The Bertz CT molecular complexity index is 814. The van der Waals surface area contributed by atoms with E-state index in [4.69, 9.17) is 4.74 Å². The highest BCUT2D eigenvalue weighted by Gasteiger charge is 2.35. The van der Waals surface area contributed by atoms with Crippen LogP contribution in [0.3, 0.4) is 0 Å². The highest BCUT2D eigenvalue weighted by atomic mass is 16.6. The molecule has 0 saturated carbocycles. The molecule has 1 aromatic carbocycles. The van der Waals surface area contributed by atoms with Crippen LogP contribution in [0.2, 0.25) is 0 Å². The fourth-order valence-corrected chi connectivity index (χ4v) is 3.38. The normalized spacial score (nSPS) is 13.1. The number of nitrogens with one attached hydrogen (secondary N) is 2. The van der Waals surface area contributed by atoms with Gasteiger partial charge in [0.25, 0.3) is 0 Å². The van der Waals surface area contributed by atoms with Gasteiger partial charge in [-0.25, -0.2) is 4.79 Å². The molecule has 0 spiro atoms. The lowest BCUT2D eigenvalue weighted by Gasteiger charge is -2.33. The molecular weight excluding hydrogens is 418 g/mol. The van der Waals surface area contributed by atoms with Gasteiger partial charge in [0.15, 0.2) is 0 Å². The molecule has 0 aliphatic rings. The third-order valence-electron chi connectivity index (χ3n) is 5.13. The molecular formula is C26H41N3O4. The molecule has 0 aromatic heterocycles. The first-order valence-corrected chi connectivity index (χ1v) is 11.7. The van der Waals surface area contributed by atoms with E-state index in [1.807, 2.05) is 38.1 Å². The SMILES string of the molecule is C=Cc1cccc(C(C(=O)NCCCCC)N(C)C(=O)C(NC(=O)OC(C)(C)C)C(C)C)c1. The van der Waals surface area contributed by atoms with Crippen LogP contribution in [-0.4, -0.2) is 48.0 Å². The van der Waals surface area contributed by atoms with Crippen molar-refractivity contribution in [2.75, 3.05) is 13.6 Å². The average molecular weight is 460 g/mol. The van der Waals surface area contributed by atoms with Crippen LogP contribution in [0.1, 0.15) is 78.0 Å². The van der Waals surface area contributed by atoms with Crippen molar-refractivity contribution in [3.05, 3.63) is 42.0 Å². The maximum Gasteiger partial charge on any atom is 0.408 e. The largest absolute Gasteiger partial charge is 0.444 e. The quantitative estimate of drug-likeness (QED) is 0.470. The molecule has 0 aliphatic heterocycles. The van der Waals surface area contributed by atoms with Gasteiger partial charge in [-0.2, -0.15) is 0 Å². The second-order valence-electron chi connectivity index (χ2n) is 9.59. The van der Waals surface area contributed by atoms with Crippen LogP contribution in [0.5, 0.6) is 0 Å². The molecule has 7 heteroatoms. The standard InChI is InChI=1S/C26H41N3O4/c1-9-11-12-16-27-23(30)22(20-15-13-14-19(10-2)17-20)29(8)24(31)21(18(3)4)28-25(32)33-26(5,6)7/h10,13-15,17-18,21-22H,2,9,11-12,16H2,1,3-8H3,(H,27,30)(H,28,32). The monoisotopic (exact) mass is 459 g/mol. The Kier molecular flexibility index (Phi) is 11.1. The minimum absolute atomic E-state index is 0.208. The maximum atomic E-state index is 13.5. The lowest BCUT2D eigenvalue weighted by atomic mass is 9.98. The number of alkyl carbamates (subject to hydrolysis) is 1. The van der Waals surface area contributed by atoms with Gasteiger partial charge in [0, 0.05) is 13.6 Å². The van der Waals surface area contributed by atoms with Crippen LogP contribution >= 0.6 is 0 Å². The summed E-state index contributed by atoms with van der Waals surface area (Å²) in [5.74, 6) is -0.836. The van der Waals surface area contributed by atoms with Gasteiger partial charge < -0.3 is 20.3 Å². The van der Waals surface area contributed by atoms with Crippen molar-refractivity contribution in [1.29, 1.82) is 0 Å². The van der Waals surface area contributed by atoms with Crippen LogP contribution in [0.25, 0.3) is 6.08 Å². The summed E-state index contributed by atoms with van der Waals surface area (Å²) >= 11 is 0. The number of ether oxygens (including phenoxy) is 1. The summed E-state index contributed by atoms with van der Waals surface area (Å²) in [5, 5.41) is 5.64. The second kappa shape index (κ2) is 13.0. The highest BCUT2D eigenvalue weighted by molar-refractivity contribution is 5.92. The van der Waals surface area contributed by atoms with Crippen LogP contribution < -0.4 is 10.6 Å². The molecule has 7 nitrogen and oxygen atoms in total. The van der Waals surface area contributed by atoms with Crippen molar-refractivity contribution in [2.45, 2.75) is 78.5 Å². The van der Waals surface area contributed by atoms with Gasteiger partial charge >= 0.3 is 6.09 Å². The summed E-state index contributed by atoms with van der Waals surface area (Å²) in [6.45, 7) is 15.4. The van der Waals surface area contributed by atoms with Gasteiger partial charge in [-0.15, -0.1) is 0 Å². The van der Waals surface area contributed by atoms with Crippen molar-refractivity contribution in [2.24, 2.45) is 5.92 Å². The van der Waals surface area contributed by atoms with Crippen molar-refractivity contribution in [3.8, 4) is 0 Å². The predicted octanol–water partition coefficient (Wildman–Crippen LogP) is 4.68. The summed E-state index contributed by atoms with van der Waals surface area (Å²) in [6.07, 6.45) is 3.96. The topological polar surface area (TPSA) is 87.7 Å². The van der Waals surface area contributed by atoms with Crippen molar-refractivity contribution in [1.82, 2.24) is 15.5 Å². The van der Waals surface area contributed by atoms with E-state index in [2.05, 4.69) is 24.1 Å². The number of unbranched alkanes of at least 4 members (excludes halogenated alkanes) is 2. The molecule has 184 valence electrons. The van der Waals surface area contributed by atoms with E-state index in [-0.39, 0.29) is 17.7 Å². The first-order chi connectivity index (χ1) is 15.4. The number of amides is 3. The van der Waals surface area contributed by atoms with Crippen molar-refractivity contribution >= 4 is 24.0 Å². The summed E-state index contributed by atoms with van der Waals surface area (Å²) in [5.41, 5.74) is 0.840. The van der Waals surface area contributed by atoms with Gasteiger partial charge in [-0.05, 0) is 50.3 Å². The number of nitrogens with zero attached hydrogens (tertiary/aromatic N) is 1. The zero-order valence-electron chi connectivity index (χ0n) is 21.2. The third kappa shape index (κ3) is 9.28. The number of likely N-dealkylation sites (N-methyl/N-ethyl adjacent to an activating group) is 1. The zero-order valence-corrected chi connectivity index (χ0v) is 21.2. The zero-order chi connectivity index (χ0) is 25.2. The van der Waals surface area contributed by atoms with E-state index in [9.17, 15) is 14.4 Å². The Morgan fingerprint density at radius 3 is 2.39 bits per heavy atom. The molecule has 2 N–H and O–H groups in total. The number of carbonyl (C=O) groups excluding carboxylic acids is 3. The van der Waals surface area contributed by atoms with Gasteiger partial charge in [-0.3, -0.25) is 9.59 Å². The Morgan fingerprint density at radius 2 is 1.85 bits per heavy atom. The van der Waals surface area contributed by atoms with Crippen LogP contribution in [0.15, 0.2) is 30.8 Å². The van der Waals surface area contributed by atoms with Gasteiger partial charge in [0.2, 0.25) is 11.8 Å². The Labute approximate surface area is 198 Å². The van der Waals surface area contributed by atoms with Crippen molar-refractivity contribution in [3.63, 3.8) is 0 Å². The Morgan fingerprint density at radius 1 is 1.18 bits per heavy atom. The van der Waals surface area contributed by atoms with E-state index < -0.39 is 23.8 Å². The minimum Gasteiger partial charge on any atom is -0.444 e. The summed E-state index contributed by atoms with van der Waals surface area (Å²) in [4.78, 5) is 40.5. The summed E-state index contributed by atoms with van der Waals surface area (Å²) in [7, 11) is 1.59. The van der Waals surface area contributed by atoms with Gasteiger partial charge in [0.1, 0.15) is 17.7 Å². The highest BCUT2D eigenvalue weighted by Crippen LogP contribution is 2.24. The molecule has 0 aliphatic carbocycles. The molecule has 1 rings (SSSR count). The summed E-state index contributed by atoms with van der Waals surface area (Å²) < 4.78 is 5.34. The number of benzene rings is 1. The van der Waals surface area contributed by atoms with Gasteiger partial charge in [0.05, 0.1) is 0 Å². The lowest BCUT2D eigenvalue weighted by Crippen LogP contribution is -2.53. The second-order valence-corrected chi connectivity index (χ2v) is 9.59. The number of hydrogen-bond acceptors (Lipinski definition) is 4. The molecule has 0 fully saturated rings. The molecule has 1 aromatic rings. The Balaban J connectivity index is 3.20. The number of carbonyl (C=O) groups is 3. The maximum absolute atomic E-state index is 13.5. The average Bonchev–Trinajstić information content (AvgIpc) is 2.73. The first-order valence-electron chi connectivity index (χ1n) is 11.7. The molecule has 2 atom stereocenters. The molecule has 0 saturated heterocycles. The lowest BCUT2D eigenvalue weighted by molar-refractivity contribution is -0.141. The summed E-state index contributed by atoms with van der Waals surface area (Å²) in [6, 6.07) is 5.69. The van der Waals surface area contributed by atoms with Crippen LogP contribution in [-0.2, 0) is 14.3 Å². The molecule has 3 amide bonds. The smallest absolute Gasteiger partial charge is 0.408 e. The van der Waals surface area contributed by atoms with Gasteiger partial charge in [-0.1, -0.05) is 64.5 Å². The third-order valence-corrected chi connectivity index (χ3v) is 5.13. The van der Waals surface area contributed by atoms with Crippen LogP contribution in [0, 0.1) is 5.92 Å². The van der Waals surface area contributed by atoms with Crippen LogP contribution in [0.4, 0.5) is 4.79 Å². The first kappa shape index (κ1) is 28.2. The van der Waals surface area contributed by atoms with E-state index in [1.165, 1.54) is 4.90 Å². The van der Waals surface area contributed by atoms with Crippen molar-refractivity contribution < 1.29 is 19.1 Å². The molecule has 2 unspecified atom stereocenters. The molecule has 0 heterocycles. The predicted molar refractivity (Wildman–Crippen MR) is 133 cm³/mol. The molecule has 0 bridgehead atoms. The fraction of sp³-hybridized carbons (Fsp3) is 0.577. The minimum atomic E-state index is -0.847. The van der Waals surface area contributed by atoms with E-state index in [0.29, 0.717) is 12.1 Å². The molecule has 33 heavy (non-hydrogen) atoms. The van der Waals surface area contributed by atoms with E-state index in [1.54, 1.807) is 33.9 Å². The van der Waals surface area contributed by atoms with E-state index >= 15 is 0 Å². The fourth-order valence-electron chi connectivity index (χ4n) is 3.38. The number of rotatable bonds is 11. The Hall–Kier alpha value is -2.83. The molecule has 0 radical (unpaired) electrons. The number of hydrogen-bond donors (Lipinski definition) is 2. The van der Waals surface area contributed by atoms with E-state index in [0.717, 1.165) is 24.8 Å².